The van der Waals surface area contributed by atoms with Crippen LogP contribution in [-0.2, 0) is 27.9 Å². The third-order valence-corrected chi connectivity index (χ3v) is 5.69. The Hall–Kier alpha value is -1.60. The molecule has 100 valence electrons. The van der Waals surface area contributed by atoms with E-state index in [1.54, 1.807) is 24.5 Å². The monoisotopic (exact) mass is 297 g/mol. The Morgan fingerprint density at radius 2 is 2.26 bits per heavy atom. The standard InChI is InChI=1S/C12H11NO4S2/c14-12(13-5-9-2-1-3-17-9)10-4-8-6-19(15,16)7-11(8)18-10/h1-4H,5-7H2,(H,13,14). The van der Waals surface area contributed by atoms with E-state index in [1.807, 2.05) is 0 Å². The number of rotatable bonds is 3. The van der Waals surface area contributed by atoms with Crippen LogP contribution in [0.1, 0.15) is 25.9 Å². The second-order valence-corrected chi connectivity index (χ2v) is 7.55. The molecule has 0 spiro atoms. The van der Waals surface area contributed by atoms with Crippen LogP contribution < -0.4 is 5.32 Å². The number of furan rings is 1. The first-order valence-corrected chi connectivity index (χ1v) is 8.30. The summed E-state index contributed by atoms with van der Waals surface area (Å²) < 4.78 is 27.9. The Morgan fingerprint density at radius 1 is 1.42 bits per heavy atom. The maximum absolute atomic E-state index is 11.9. The average molecular weight is 297 g/mol. The van der Waals surface area contributed by atoms with E-state index in [4.69, 9.17) is 4.42 Å². The van der Waals surface area contributed by atoms with Gasteiger partial charge in [0, 0.05) is 4.88 Å². The molecule has 0 fully saturated rings. The van der Waals surface area contributed by atoms with Crippen LogP contribution in [0.4, 0.5) is 0 Å². The van der Waals surface area contributed by atoms with Crippen molar-refractivity contribution in [3.63, 3.8) is 0 Å². The molecule has 5 nitrogen and oxygen atoms in total. The fourth-order valence-electron chi connectivity index (χ4n) is 1.98. The number of sulfone groups is 1. The molecule has 0 radical (unpaired) electrons. The molecular weight excluding hydrogens is 286 g/mol. The number of carbonyl (C=O) groups is 1. The summed E-state index contributed by atoms with van der Waals surface area (Å²) >= 11 is 1.25. The molecule has 0 aromatic carbocycles. The van der Waals surface area contributed by atoms with Crippen molar-refractivity contribution in [2.45, 2.75) is 18.1 Å². The molecule has 0 aliphatic carbocycles. The summed E-state index contributed by atoms with van der Waals surface area (Å²) in [6.07, 6.45) is 1.55. The lowest BCUT2D eigenvalue weighted by Crippen LogP contribution is -2.21. The number of nitrogens with one attached hydrogen (secondary N) is 1. The molecule has 2 aromatic heterocycles. The van der Waals surface area contributed by atoms with E-state index in [-0.39, 0.29) is 17.4 Å². The molecule has 0 saturated heterocycles. The molecule has 1 amide bonds. The van der Waals surface area contributed by atoms with E-state index in [0.717, 1.165) is 10.4 Å². The lowest BCUT2D eigenvalue weighted by atomic mass is 10.3. The number of hydrogen-bond acceptors (Lipinski definition) is 5. The van der Waals surface area contributed by atoms with Gasteiger partial charge >= 0.3 is 0 Å². The van der Waals surface area contributed by atoms with E-state index in [1.165, 1.54) is 11.3 Å². The second kappa shape index (κ2) is 4.50. The van der Waals surface area contributed by atoms with Gasteiger partial charge in [0.2, 0.25) is 0 Å². The number of amides is 1. The van der Waals surface area contributed by atoms with Crippen molar-refractivity contribution in [2.75, 3.05) is 0 Å². The number of carbonyl (C=O) groups excluding carboxylic acids is 1. The highest BCUT2D eigenvalue weighted by molar-refractivity contribution is 7.90. The summed E-state index contributed by atoms with van der Waals surface area (Å²) in [5.41, 5.74) is 0.758. The molecule has 1 aliphatic rings. The van der Waals surface area contributed by atoms with Gasteiger partial charge in [-0.3, -0.25) is 4.79 Å². The number of hydrogen-bond donors (Lipinski definition) is 1. The van der Waals surface area contributed by atoms with E-state index in [2.05, 4.69) is 5.32 Å². The van der Waals surface area contributed by atoms with Gasteiger partial charge in [0.25, 0.3) is 5.91 Å². The van der Waals surface area contributed by atoms with Gasteiger partial charge in [0.05, 0.1) is 29.2 Å². The fourth-order valence-corrected chi connectivity index (χ4v) is 5.16. The SMILES string of the molecule is O=C(NCc1ccco1)c1cc2c(s1)CS(=O)(=O)C2. The van der Waals surface area contributed by atoms with Gasteiger partial charge in [-0.05, 0) is 23.8 Å². The largest absolute Gasteiger partial charge is 0.467 e. The topological polar surface area (TPSA) is 76.4 Å². The second-order valence-electron chi connectivity index (χ2n) is 4.35. The lowest BCUT2D eigenvalue weighted by Gasteiger charge is -2.00. The fraction of sp³-hybridized carbons (Fsp3) is 0.250. The van der Waals surface area contributed by atoms with Crippen molar-refractivity contribution in [3.05, 3.63) is 45.5 Å². The summed E-state index contributed by atoms with van der Waals surface area (Å²) in [6, 6.07) is 5.20. The summed E-state index contributed by atoms with van der Waals surface area (Å²) in [5, 5.41) is 2.74. The minimum atomic E-state index is -2.99. The van der Waals surface area contributed by atoms with Crippen molar-refractivity contribution in [2.24, 2.45) is 0 Å². The molecule has 1 aliphatic heterocycles. The average Bonchev–Trinajstić information content (AvgIpc) is 2.99. The summed E-state index contributed by atoms with van der Waals surface area (Å²) in [5.74, 6) is 0.580. The number of thiophene rings is 1. The van der Waals surface area contributed by atoms with Crippen molar-refractivity contribution in [1.29, 1.82) is 0 Å². The van der Waals surface area contributed by atoms with Crippen LogP contribution in [0.2, 0.25) is 0 Å². The van der Waals surface area contributed by atoms with Crippen LogP contribution >= 0.6 is 11.3 Å². The Bertz CT molecular complexity index is 684. The van der Waals surface area contributed by atoms with Crippen LogP contribution in [0, 0.1) is 0 Å². The van der Waals surface area contributed by atoms with Crippen molar-refractivity contribution in [3.8, 4) is 0 Å². The molecule has 0 bridgehead atoms. The molecule has 7 heteroatoms. The smallest absolute Gasteiger partial charge is 0.261 e. The Kier molecular flexibility index (Phi) is 2.94. The summed E-state index contributed by atoms with van der Waals surface area (Å²) in [4.78, 5) is 13.2. The number of fused-ring (bicyclic) bond motifs is 1. The van der Waals surface area contributed by atoms with Gasteiger partial charge in [-0.25, -0.2) is 8.42 Å². The van der Waals surface area contributed by atoms with Gasteiger partial charge in [0.1, 0.15) is 5.76 Å². The van der Waals surface area contributed by atoms with E-state index < -0.39 is 9.84 Å². The van der Waals surface area contributed by atoms with E-state index in [9.17, 15) is 13.2 Å². The first kappa shape index (κ1) is 12.4. The van der Waals surface area contributed by atoms with Crippen LogP contribution in [0.15, 0.2) is 28.9 Å². The van der Waals surface area contributed by atoms with Gasteiger partial charge < -0.3 is 9.73 Å². The summed E-state index contributed by atoms with van der Waals surface area (Å²) in [6.45, 7) is 0.326. The molecule has 3 rings (SSSR count). The highest BCUT2D eigenvalue weighted by Crippen LogP contribution is 2.32. The maximum Gasteiger partial charge on any atom is 0.261 e. The predicted octanol–water partition coefficient (Wildman–Crippen LogP) is 1.70. The Balaban J connectivity index is 1.69. The van der Waals surface area contributed by atoms with E-state index >= 15 is 0 Å². The minimum Gasteiger partial charge on any atom is -0.467 e. The zero-order chi connectivity index (χ0) is 13.5. The molecule has 0 saturated carbocycles. The van der Waals surface area contributed by atoms with Gasteiger partial charge in [-0.1, -0.05) is 0 Å². The molecule has 3 heterocycles. The highest BCUT2D eigenvalue weighted by Gasteiger charge is 2.28. The maximum atomic E-state index is 11.9. The molecule has 0 unspecified atom stereocenters. The van der Waals surface area contributed by atoms with Crippen LogP contribution in [-0.4, -0.2) is 14.3 Å². The van der Waals surface area contributed by atoms with Crippen LogP contribution in [0.5, 0.6) is 0 Å². The molecule has 19 heavy (non-hydrogen) atoms. The normalized spacial score (nSPS) is 16.2. The first-order valence-electron chi connectivity index (χ1n) is 5.66. The lowest BCUT2D eigenvalue weighted by molar-refractivity contribution is 0.0952. The van der Waals surface area contributed by atoms with Gasteiger partial charge in [-0.15, -0.1) is 11.3 Å². The molecule has 1 N–H and O–H groups in total. The predicted molar refractivity (Wildman–Crippen MR) is 70.5 cm³/mol. The quantitative estimate of drug-likeness (QED) is 0.935. The molecular formula is C12H11NO4S2. The van der Waals surface area contributed by atoms with E-state index in [0.29, 0.717) is 17.2 Å². The minimum absolute atomic E-state index is 0.0459. The summed E-state index contributed by atoms with van der Waals surface area (Å²) in [7, 11) is -2.99. The van der Waals surface area contributed by atoms with Gasteiger partial charge in [-0.2, -0.15) is 0 Å². The van der Waals surface area contributed by atoms with Crippen molar-refractivity contribution < 1.29 is 17.6 Å². The zero-order valence-electron chi connectivity index (χ0n) is 9.88. The van der Waals surface area contributed by atoms with Gasteiger partial charge in [0.15, 0.2) is 9.84 Å². The van der Waals surface area contributed by atoms with Crippen LogP contribution in [0.3, 0.4) is 0 Å². The van der Waals surface area contributed by atoms with Crippen molar-refractivity contribution >= 4 is 27.1 Å². The third kappa shape index (κ3) is 2.57. The Morgan fingerprint density at radius 3 is 2.95 bits per heavy atom. The van der Waals surface area contributed by atoms with Crippen molar-refractivity contribution in [1.82, 2.24) is 5.32 Å². The first-order chi connectivity index (χ1) is 9.03. The highest BCUT2D eigenvalue weighted by atomic mass is 32.2. The zero-order valence-corrected chi connectivity index (χ0v) is 11.5. The Labute approximate surface area is 114 Å². The third-order valence-electron chi connectivity index (χ3n) is 2.85. The molecule has 0 atom stereocenters. The molecule has 2 aromatic rings. The van der Waals surface area contributed by atoms with Crippen LogP contribution in [0.25, 0.3) is 0 Å².